The molecular formula is C58H54N16O20S2. The van der Waals surface area contributed by atoms with Crippen molar-refractivity contribution < 1.29 is 96.2 Å². The maximum Gasteiger partial charge on any atom is 0.335 e. The normalized spacial score (nSPS) is 11.8. The van der Waals surface area contributed by atoms with E-state index in [1.807, 2.05) is 0 Å². The molecule has 0 unspecified atom stereocenters. The molecule has 0 saturated carbocycles. The molecule has 16 N–H and O–H groups in total. The smallest absolute Gasteiger partial charge is 0.335 e. The van der Waals surface area contributed by atoms with Gasteiger partial charge >= 0.3 is 23.9 Å². The van der Waals surface area contributed by atoms with Gasteiger partial charge in [0.25, 0.3) is 20.2 Å². The Morgan fingerprint density at radius 2 is 0.729 bits per heavy atom. The first-order valence-corrected chi connectivity index (χ1v) is 30.7. The third-order valence-corrected chi connectivity index (χ3v) is 15.5. The van der Waals surface area contributed by atoms with Crippen molar-refractivity contribution in [3.8, 4) is 11.5 Å². The molecule has 0 aliphatic heterocycles. The Labute approximate surface area is 540 Å². The first-order chi connectivity index (χ1) is 45.5. The number of anilines is 10. The summed E-state index contributed by atoms with van der Waals surface area (Å²) >= 11 is 0. The molecule has 0 fully saturated rings. The lowest BCUT2D eigenvalue weighted by Crippen LogP contribution is -2.31. The number of phenols is 2. The number of carbonyl (C=O) groups is 4. The number of aliphatic hydroxyl groups excluding tert-OH is 4. The van der Waals surface area contributed by atoms with Crippen LogP contribution in [0.5, 0.6) is 11.5 Å². The lowest BCUT2D eigenvalue weighted by atomic mass is 10.0. The van der Waals surface area contributed by atoms with Crippen molar-refractivity contribution in [1.82, 2.24) is 29.9 Å². The number of aliphatic hydroxyl groups is 4. The number of aryl methyl sites for hydroxylation is 2. The maximum atomic E-state index is 12.7. The highest BCUT2D eigenvalue weighted by Crippen LogP contribution is 2.46. The second-order valence-corrected chi connectivity index (χ2v) is 23.4. The average Bonchev–Trinajstić information content (AvgIpc) is 0.764. The van der Waals surface area contributed by atoms with Crippen LogP contribution < -0.4 is 31.1 Å². The zero-order chi connectivity index (χ0) is 69.5. The number of aromatic nitrogens is 6. The second-order valence-electron chi connectivity index (χ2n) is 20.5. The van der Waals surface area contributed by atoms with Crippen molar-refractivity contribution in [2.24, 2.45) is 20.5 Å². The second kappa shape index (κ2) is 28.6. The van der Waals surface area contributed by atoms with Crippen molar-refractivity contribution >= 4 is 147 Å². The number of aromatic carboxylic acids is 4. The van der Waals surface area contributed by atoms with E-state index in [-0.39, 0.29) is 140 Å². The molecule has 0 amide bonds. The highest BCUT2D eigenvalue weighted by molar-refractivity contribution is 7.86. The van der Waals surface area contributed by atoms with Gasteiger partial charge in [0.05, 0.1) is 81.2 Å². The molecular weight excluding hydrogens is 1300 g/mol. The molecule has 0 bridgehead atoms. The number of hydrogen-bond donors (Lipinski definition) is 16. The van der Waals surface area contributed by atoms with E-state index in [4.69, 9.17) is 0 Å². The van der Waals surface area contributed by atoms with Gasteiger partial charge < -0.3 is 82.1 Å². The van der Waals surface area contributed by atoms with Gasteiger partial charge in [-0.2, -0.15) is 57.0 Å². The summed E-state index contributed by atoms with van der Waals surface area (Å²) in [6.07, 6.45) is 0. The molecule has 0 radical (unpaired) electrons. The van der Waals surface area contributed by atoms with Crippen LogP contribution in [0.15, 0.2) is 127 Å². The third-order valence-electron chi connectivity index (χ3n) is 13.8. The number of carboxylic acid groups (broad SMARTS) is 4. The van der Waals surface area contributed by atoms with Crippen LogP contribution in [0.2, 0.25) is 0 Å². The van der Waals surface area contributed by atoms with Crippen LogP contribution in [0.4, 0.5) is 81.2 Å². The van der Waals surface area contributed by atoms with Gasteiger partial charge in [0.2, 0.25) is 35.7 Å². The Balaban J connectivity index is 1.07. The summed E-state index contributed by atoms with van der Waals surface area (Å²) in [6, 6.07) is 18.8. The molecule has 0 aliphatic carbocycles. The SMILES string of the molecule is Cc1cc2cc(S(=O)(=O)O)cc(Nc3nc(Nc4ccc(Nc5nc(Nc6cc(S(=O)(=O)O)cc7cc(C)c(N=Nc8cc(C(=O)O)cc(C(=O)O)c8)c(O)c67)nc(N(CCO)CCO)n5)cc4)nc(N(CCO)CCO)n3)c2c(O)c1N=Nc1cc(C(=O)O)cc(C(=O)O)c1. The Morgan fingerprint density at radius 1 is 0.427 bits per heavy atom. The number of phenolic OH excluding ortho intramolecular Hbond substituents is 2. The van der Waals surface area contributed by atoms with Crippen molar-refractivity contribution in [3.05, 3.63) is 130 Å². The summed E-state index contributed by atoms with van der Waals surface area (Å²) in [4.78, 5) is 75.4. The Morgan fingerprint density at radius 3 is 1.01 bits per heavy atom. The molecule has 0 spiro atoms. The van der Waals surface area contributed by atoms with Gasteiger partial charge in [-0.05, 0) is 133 Å². The molecule has 38 heteroatoms. The minimum absolute atomic E-state index is 0.0101. The highest BCUT2D eigenvalue weighted by atomic mass is 32.2. The molecule has 0 saturated heterocycles. The van der Waals surface area contributed by atoms with Gasteiger partial charge in [-0.15, -0.1) is 10.2 Å². The lowest BCUT2D eigenvalue weighted by molar-refractivity contribution is 0.0676. The van der Waals surface area contributed by atoms with Crippen LogP contribution >= 0.6 is 0 Å². The van der Waals surface area contributed by atoms with Crippen molar-refractivity contribution in [2.75, 3.05) is 83.7 Å². The van der Waals surface area contributed by atoms with Gasteiger partial charge in [0.15, 0.2) is 11.5 Å². The van der Waals surface area contributed by atoms with Crippen LogP contribution in [0, 0.1) is 13.8 Å². The number of nitrogens with one attached hydrogen (secondary N) is 4. The van der Waals surface area contributed by atoms with E-state index in [2.05, 4.69) is 71.6 Å². The molecule has 9 rings (SSSR count). The number of fused-ring (bicyclic) bond motifs is 2. The van der Waals surface area contributed by atoms with E-state index in [1.165, 1.54) is 60.0 Å². The summed E-state index contributed by atoms with van der Waals surface area (Å²) in [5, 5.41) is 130. The summed E-state index contributed by atoms with van der Waals surface area (Å²) in [7, 11) is -9.94. The lowest BCUT2D eigenvalue weighted by Gasteiger charge is -2.22. The molecule has 96 heavy (non-hydrogen) atoms. The highest BCUT2D eigenvalue weighted by Gasteiger charge is 2.25. The van der Waals surface area contributed by atoms with Gasteiger partial charge in [-0.3, -0.25) is 9.11 Å². The van der Waals surface area contributed by atoms with Crippen LogP contribution in [0.25, 0.3) is 21.5 Å². The zero-order valence-corrected chi connectivity index (χ0v) is 51.3. The molecule has 2 heterocycles. The number of rotatable bonds is 28. The molecule has 0 aliphatic rings. The molecule has 2 aromatic heterocycles. The topological polar surface area (TPSA) is 561 Å². The summed E-state index contributed by atoms with van der Waals surface area (Å²) in [5.41, 5.74) is -2.26. The standard InChI is InChI=1S/C58H54N16O20S2/c1-27-15-29-23-39(95(89,90)91)25-41(43(29)47(79)45(27)71-69-37-19-31(49(81)82)17-32(20-37)50(83)84)61-55-63-53(65-57(67-55)73(7-11-75)8-12-76)59-35-3-5-36(6-4-35)60-54-64-56(68-58(66-54)74(9-13-77)10-14-78)62-42-26-40(96(92,93)94)24-30-16-28(2)46(48(80)44(30)42)72-70-38-21-33(51(85)86)18-34(22-38)52(87)88/h3-6,15-26,75-80H,7-14H2,1-2H3,(H,81,82)(H,83,84)(H,85,86)(H,87,88)(H,89,90,91)(H,92,93,94)(H2,59,61,63,65,67)(H2,60,62,64,66,68). The number of carboxylic acids is 4. The largest absolute Gasteiger partial charge is 0.505 e. The minimum Gasteiger partial charge on any atom is -0.505 e. The number of benzene rings is 7. The number of aromatic hydroxyl groups is 2. The minimum atomic E-state index is -4.97. The van der Waals surface area contributed by atoms with E-state index >= 15 is 0 Å². The summed E-state index contributed by atoms with van der Waals surface area (Å²) in [5.74, 6) is -8.61. The van der Waals surface area contributed by atoms with E-state index in [9.17, 15) is 96.2 Å². The van der Waals surface area contributed by atoms with Crippen molar-refractivity contribution in [2.45, 2.75) is 23.6 Å². The fourth-order valence-corrected chi connectivity index (χ4v) is 10.6. The predicted molar refractivity (Wildman–Crippen MR) is 341 cm³/mol. The molecule has 498 valence electrons. The fraction of sp³-hybridized carbons (Fsp3) is 0.172. The number of nitrogens with zero attached hydrogens (tertiary/aromatic N) is 12. The van der Waals surface area contributed by atoms with Crippen LogP contribution in [0.1, 0.15) is 52.6 Å². The molecule has 9 aromatic rings. The van der Waals surface area contributed by atoms with Gasteiger partial charge in [-0.1, -0.05) is 0 Å². The maximum absolute atomic E-state index is 12.7. The Hall–Kier alpha value is -11.8. The first kappa shape index (κ1) is 68.6. The van der Waals surface area contributed by atoms with E-state index in [0.29, 0.717) is 0 Å². The number of azo groups is 2. The molecule has 0 atom stereocenters. The molecule has 36 nitrogen and oxygen atoms in total. The Bertz CT molecular complexity index is 4510. The van der Waals surface area contributed by atoms with Crippen LogP contribution in [-0.4, -0.2) is 183 Å². The average molecular weight is 1360 g/mol. The predicted octanol–water partition coefficient (Wildman–Crippen LogP) is 7.06. The van der Waals surface area contributed by atoms with E-state index in [0.717, 1.165) is 60.7 Å². The van der Waals surface area contributed by atoms with Crippen molar-refractivity contribution in [1.29, 1.82) is 0 Å². The monoisotopic (exact) mass is 1360 g/mol. The summed E-state index contributed by atoms with van der Waals surface area (Å²) < 4.78 is 71.4. The van der Waals surface area contributed by atoms with E-state index < -0.39 is 114 Å². The quantitative estimate of drug-likeness (QED) is 0.0172. The Kier molecular flexibility index (Phi) is 20.4. The number of hydrogen-bond acceptors (Lipinski definition) is 30. The van der Waals surface area contributed by atoms with Crippen LogP contribution in [0.3, 0.4) is 0 Å². The first-order valence-electron chi connectivity index (χ1n) is 27.8. The van der Waals surface area contributed by atoms with E-state index in [1.54, 1.807) is 0 Å². The third kappa shape index (κ3) is 16.0. The van der Waals surface area contributed by atoms with Gasteiger partial charge in [0.1, 0.15) is 11.4 Å². The van der Waals surface area contributed by atoms with Crippen molar-refractivity contribution in [3.63, 3.8) is 0 Å². The van der Waals surface area contributed by atoms with Gasteiger partial charge in [0, 0.05) is 48.3 Å². The zero-order valence-electron chi connectivity index (χ0n) is 49.7. The van der Waals surface area contributed by atoms with Gasteiger partial charge in [-0.25, -0.2) is 19.2 Å². The van der Waals surface area contributed by atoms with Crippen LogP contribution in [-0.2, 0) is 20.2 Å². The fourth-order valence-electron chi connectivity index (χ4n) is 9.52. The molecule has 7 aromatic carbocycles. The summed E-state index contributed by atoms with van der Waals surface area (Å²) in [6.45, 7) is 0.575.